The molecule has 0 spiro atoms. The first kappa shape index (κ1) is 75.0. The highest BCUT2D eigenvalue weighted by Gasteiger charge is 2.66. The number of allylic oxidation sites excluding steroid dienone is 1. The lowest BCUT2D eigenvalue weighted by Crippen LogP contribution is -2.62. The molecule has 0 saturated carbocycles. The third-order valence-corrected chi connectivity index (χ3v) is 37.6. The van der Waals surface area contributed by atoms with Crippen LogP contribution in [0.5, 0.6) is 0 Å². The molecule has 14 nitrogen and oxygen atoms in total. The SMILES string of the molecule is C=CCOC(=O)OC[C@@H]([C@@H]1O[C@](O)([C@@H](C)/C=C(\C)C(O[Si](C)(C)C(C)(C)C)[C@@H](C)C(=O)[C@@H](C)[C@H](OC)[C@@H](O[Si](C)(C)C(C)(C)C)C(=O)OCC=C)C[C@H](O[Si](CC)(CC)CC)[C@H]1C)[C@H](O[Si](C)(C)C(C)(C)C)[C@@]1(C)O[C@@H]1[C@@H](C)/C=C\C. The van der Waals surface area contributed by atoms with E-state index >= 15 is 4.79 Å². The van der Waals surface area contributed by atoms with Crippen LogP contribution in [0.2, 0.25) is 72.5 Å². The van der Waals surface area contributed by atoms with E-state index < -0.39 is 117 Å². The van der Waals surface area contributed by atoms with Crippen molar-refractivity contribution in [1.82, 2.24) is 0 Å². The number of hydrogen-bond acceptors (Lipinski definition) is 14. The van der Waals surface area contributed by atoms with Crippen LogP contribution in [0, 0.1) is 35.5 Å². The fourth-order valence-electron chi connectivity index (χ4n) is 10.6. The molecule has 2 heterocycles. The van der Waals surface area contributed by atoms with Gasteiger partial charge in [-0.25, -0.2) is 9.59 Å². The quantitative estimate of drug-likeness (QED) is 0.0292. The zero-order chi connectivity index (χ0) is 62.9. The van der Waals surface area contributed by atoms with Gasteiger partial charge in [-0.3, -0.25) is 4.79 Å². The van der Waals surface area contributed by atoms with Crippen LogP contribution < -0.4 is 0 Å². The van der Waals surface area contributed by atoms with Crippen LogP contribution in [-0.4, -0.2) is 137 Å². The van der Waals surface area contributed by atoms with E-state index in [2.05, 4.69) is 162 Å². The van der Waals surface area contributed by atoms with Crippen molar-refractivity contribution in [3.63, 3.8) is 0 Å². The summed E-state index contributed by atoms with van der Waals surface area (Å²) in [5, 5.41) is 12.9. The van der Waals surface area contributed by atoms with Gasteiger partial charge in [0, 0.05) is 49.0 Å². The van der Waals surface area contributed by atoms with E-state index in [0.29, 0.717) is 0 Å². The first-order chi connectivity index (χ1) is 36.9. The number of epoxide rings is 1. The van der Waals surface area contributed by atoms with Gasteiger partial charge in [0.05, 0.1) is 30.5 Å². The number of carbonyl (C=O) groups is 3. The van der Waals surface area contributed by atoms with Gasteiger partial charge < -0.3 is 51.2 Å². The molecular weight excluding hydrogens is 1090 g/mol. The first-order valence-corrected chi connectivity index (χ1v) is 41.5. The van der Waals surface area contributed by atoms with E-state index in [-0.39, 0.29) is 65.1 Å². The lowest BCUT2D eigenvalue weighted by Gasteiger charge is -2.53. The number of methoxy groups -OCH3 is 1. The lowest BCUT2D eigenvalue weighted by atomic mass is 9.75. The average molecular weight is 1210 g/mol. The fraction of sp³-hybridized carbons (Fsp3) is 0.825. The molecule has 18 heteroatoms. The summed E-state index contributed by atoms with van der Waals surface area (Å²) in [5.41, 5.74) is -0.0977. The van der Waals surface area contributed by atoms with Crippen molar-refractivity contribution in [1.29, 1.82) is 0 Å². The Morgan fingerprint density at radius 1 is 0.741 bits per heavy atom. The summed E-state index contributed by atoms with van der Waals surface area (Å²) in [5.74, 6) is -5.92. The Balaban J connectivity index is 3.06. The number of hydrogen-bond donors (Lipinski definition) is 1. The van der Waals surface area contributed by atoms with Crippen LogP contribution in [-0.2, 0) is 55.7 Å². The summed E-state index contributed by atoms with van der Waals surface area (Å²) < 4.78 is 66.6. The number of rotatable bonds is 32. The molecule has 15 atom stereocenters. The zero-order valence-corrected chi connectivity index (χ0v) is 60.0. The Kier molecular flexibility index (Phi) is 27.4. The van der Waals surface area contributed by atoms with Gasteiger partial charge in [-0.15, -0.1) is 0 Å². The van der Waals surface area contributed by atoms with Crippen molar-refractivity contribution in [2.45, 2.75) is 272 Å². The number of esters is 1. The number of carbonyl (C=O) groups excluding carboxylic acids is 3. The van der Waals surface area contributed by atoms with Crippen molar-refractivity contribution >= 4 is 51.2 Å². The molecule has 470 valence electrons. The minimum Gasteiger partial charge on any atom is -0.460 e. The molecule has 0 bridgehead atoms. The summed E-state index contributed by atoms with van der Waals surface area (Å²) in [4.78, 5) is 42.7. The van der Waals surface area contributed by atoms with E-state index in [9.17, 15) is 14.7 Å². The predicted molar refractivity (Wildman–Crippen MR) is 338 cm³/mol. The largest absolute Gasteiger partial charge is 0.508 e. The summed E-state index contributed by atoms with van der Waals surface area (Å²) in [7, 11) is -8.75. The molecular formula is C63H118O14Si4. The van der Waals surface area contributed by atoms with Crippen molar-refractivity contribution in [2.75, 3.05) is 26.9 Å². The second-order valence-electron chi connectivity index (χ2n) is 28.5. The Morgan fingerprint density at radius 2 is 1.22 bits per heavy atom. The monoisotopic (exact) mass is 1210 g/mol. The first-order valence-electron chi connectivity index (χ1n) is 30.3. The topological polar surface area (TPSA) is 167 Å². The van der Waals surface area contributed by atoms with Crippen LogP contribution in [0.4, 0.5) is 4.79 Å². The third kappa shape index (κ3) is 18.7. The summed E-state index contributed by atoms with van der Waals surface area (Å²) in [6, 6.07) is 2.66. The molecule has 1 unspecified atom stereocenters. The van der Waals surface area contributed by atoms with Crippen molar-refractivity contribution in [3.8, 4) is 0 Å². The predicted octanol–water partition coefficient (Wildman–Crippen LogP) is 15.2. The van der Waals surface area contributed by atoms with E-state index in [4.69, 9.17) is 46.1 Å². The highest BCUT2D eigenvalue weighted by molar-refractivity contribution is 6.75. The molecule has 0 aliphatic carbocycles. The van der Waals surface area contributed by atoms with Crippen LogP contribution in [0.25, 0.3) is 0 Å². The number of Topliss-reactive ketones (excluding diaryl/α,β-unsaturated/α-hetero) is 1. The van der Waals surface area contributed by atoms with Crippen LogP contribution in [0.3, 0.4) is 0 Å². The molecule has 2 aliphatic heterocycles. The standard InChI is InChI=1S/C63H118O14Si4/c1-30-36-42(7)55-62(22,73-55)56(77-80(28,29)61(19,20)21)48(41-71-58(66)70-38-32-3)52-45(10)49(74-81(33-4,34-5)35-6)40-63(67,72-52)44(9)39-43(8)51(75-78(24,25)59(13,14)15)46(11)50(64)47(12)53(68-23)54(57(65)69-37-31-2)76-79(26,27)60(16,17)18/h30-32,36,39,42,44-49,51-56,67H,2-3,33-35,37-38,40-41H2,1,4-29H3/b36-30-,43-39+/t42-,44-,45+,46-,47+,48-,49-,51?,52+,53-,54+,55+,56-,62-,63-/m0/s1. The molecule has 0 aromatic carbocycles. The molecule has 0 aromatic heterocycles. The third-order valence-electron chi connectivity index (χ3n) is 19.6. The number of aliphatic hydroxyl groups is 1. The molecule has 2 fully saturated rings. The highest BCUT2D eigenvalue weighted by Crippen LogP contribution is 2.54. The smallest absolute Gasteiger partial charge is 0.460 e. The second-order valence-corrected chi connectivity index (χ2v) is 47.5. The van der Waals surface area contributed by atoms with Gasteiger partial charge in [0.25, 0.3) is 0 Å². The fourth-order valence-corrected chi connectivity index (χ4v) is 17.6. The molecule has 2 aliphatic rings. The summed E-state index contributed by atoms with van der Waals surface area (Å²) >= 11 is 0. The van der Waals surface area contributed by atoms with Crippen LogP contribution in [0.1, 0.15) is 145 Å². The normalized spacial score (nSPS) is 26.1. The van der Waals surface area contributed by atoms with E-state index in [1.54, 1.807) is 6.92 Å². The lowest BCUT2D eigenvalue weighted by molar-refractivity contribution is -0.316. The number of ether oxygens (including phenoxy) is 6. The summed E-state index contributed by atoms with van der Waals surface area (Å²) in [6.45, 7) is 62.0. The number of ketones is 1. The Labute approximate surface area is 497 Å². The molecule has 0 radical (unpaired) electrons. The maximum atomic E-state index is 15.3. The Hall–Kier alpha value is -2.08. The van der Waals surface area contributed by atoms with Crippen LogP contribution in [0.15, 0.2) is 49.1 Å². The summed E-state index contributed by atoms with van der Waals surface area (Å²) in [6.07, 6.45) is 3.35. The van der Waals surface area contributed by atoms with E-state index in [1.165, 1.54) is 19.3 Å². The molecule has 81 heavy (non-hydrogen) atoms. The zero-order valence-electron chi connectivity index (χ0n) is 56.0. The van der Waals surface area contributed by atoms with Crippen molar-refractivity contribution in [3.05, 3.63) is 49.1 Å². The van der Waals surface area contributed by atoms with Gasteiger partial charge >= 0.3 is 12.1 Å². The van der Waals surface area contributed by atoms with Gasteiger partial charge in [-0.2, -0.15) is 0 Å². The molecule has 1 N–H and O–H groups in total. The second kappa shape index (κ2) is 29.5. The van der Waals surface area contributed by atoms with Gasteiger partial charge in [-0.1, -0.05) is 161 Å². The molecule has 2 rings (SSSR count). The van der Waals surface area contributed by atoms with E-state index in [1.807, 2.05) is 39.8 Å². The molecule has 0 amide bonds. The average Bonchev–Trinajstić information content (AvgIpc) is 4.07. The van der Waals surface area contributed by atoms with Gasteiger partial charge in [0.15, 0.2) is 45.2 Å². The minimum atomic E-state index is -2.64. The van der Waals surface area contributed by atoms with Crippen molar-refractivity contribution in [2.24, 2.45) is 35.5 Å². The Morgan fingerprint density at radius 3 is 1.68 bits per heavy atom. The van der Waals surface area contributed by atoms with Gasteiger partial charge in [-0.05, 0) is 98.9 Å². The van der Waals surface area contributed by atoms with Gasteiger partial charge in [0.1, 0.15) is 37.3 Å². The van der Waals surface area contributed by atoms with Crippen molar-refractivity contribution < 1.29 is 65.6 Å². The maximum Gasteiger partial charge on any atom is 0.508 e. The van der Waals surface area contributed by atoms with Crippen LogP contribution >= 0.6 is 0 Å². The highest BCUT2D eigenvalue weighted by atomic mass is 28.4. The van der Waals surface area contributed by atoms with E-state index in [0.717, 1.165) is 23.7 Å². The maximum absolute atomic E-state index is 15.3. The molecule has 0 aromatic rings. The van der Waals surface area contributed by atoms with Gasteiger partial charge in [0.2, 0.25) is 0 Å². The minimum absolute atomic E-state index is 0.0218. The molecule has 2 saturated heterocycles. The Bertz CT molecular complexity index is 2110.